The van der Waals surface area contributed by atoms with Crippen molar-refractivity contribution in [3.05, 3.63) is 53.4 Å². The number of nitrogens with zero attached hydrogens (tertiary/aromatic N) is 1. The Balaban J connectivity index is 1.63. The Bertz CT molecular complexity index is 1020. The summed E-state index contributed by atoms with van der Waals surface area (Å²) in [5.41, 5.74) is 1.61. The van der Waals surface area contributed by atoms with Crippen LogP contribution in [0.5, 0.6) is 0 Å². The zero-order valence-electron chi connectivity index (χ0n) is 20.2. The number of rotatable bonds is 8. The van der Waals surface area contributed by atoms with Gasteiger partial charge in [0.05, 0.1) is 11.7 Å². The molecule has 0 radical (unpaired) electrons. The third kappa shape index (κ3) is 8.35. The molecule has 0 spiro atoms. The van der Waals surface area contributed by atoms with Crippen LogP contribution in [0.1, 0.15) is 56.5 Å². The normalized spacial score (nSPS) is 17.6. The van der Waals surface area contributed by atoms with Crippen LogP contribution in [0.25, 0.3) is 0 Å². The molecule has 35 heavy (non-hydrogen) atoms. The number of alkyl carbamates (subject to hydrolysis) is 1. The van der Waals surface area contributed by atoms with E-state index >= 15 is 0 Å². The number of aryl methyl sites for hydroxylation is 1. The van der Waals surface area contributed by atoms with Gasteiger partial charge in [0.15, 0.2) is 5.78 Å². The Morgan fingerprint density at radius 1 is 1.20 bits per heavy atom. The van der Waals surface area contributed by atoms with Gasteiger partial charge in [-0.1, -0.05) is 49.3 Å². The molecular weight excluding hydrogens is 450 g/mol. The summed E-state index contributed by atoms with van der Waals surface area (Å²) < 4.78 is 10.5. The fraction of sp³-hybridized carbons (Fsp3) is 0.500. The highest BCUT2D eigenvalue weighted by molar-refractivity contribution is 6.37. The number of nitrogens with one attached hydrogen (secondary N) is 2. The zero-order valence-corrected chi connectivity index (χ0v) is 20.2. The van der Waals surface area contributed by atoms with Gasteiger partial charge in [0, 0.05) is 31.4 Å². The van der Waals surface area contributed by atoms with E-state index in [1.807, 2.05) is 50.2 Å². The molecule has 2 bridgehead atoms. The predicted octanol–water partition coefficient (Wildman–Crippen LogP) is 3.16. The number of amides is 2. The number of ether oxygens (including phenoxy) is 1. The Morgan fingerprint density at radius 3 is 2.71 bits per heavy atom. The summed E-state index contributed by atoms with van der Waals surface area (Å²) in [5.74, 6) is -1.61. The van der Waals surface area contributed by atoms with E-state index in [0.29, 0.717) is 37.9 Å². The number of carbonyl (C=O) groups excluding carboxylic acids is 4. The zero-order chi connectivity index (χ0) is 25.2. The lowest BCUT2D eigenvalue weighted by molar-refractivity contribution is -0.141. The number of benzene rings is 1. The molecule has 1 aromatic carbocycles. The van der Waals surface area contributed by atoms with Crippen LogP contribution in [0.4, 0.5) is 4.79 Å². The van der Waals surface area contributed by atoms with Crippen LogP contribution in [-0.2, 0) is 38.6 Å². The van der Waals surface area contributed by atoms with E-state index < -0.39 is 29.7 Å². The van der Waals surface area contributed by atoms with Gasteiger partial charge in [-0.2, -0.15) is 0 Å². The minimum absolute atomic E-state index is 0.0836. The van der Waals surface area contributed by atoms with Crippen molar-refractivity contribution in [3.8, 4) is 0 Å². The van der Waals surface area contributed by atoms with E-state index in [1.165, 1.54) is 0 Å². The average Bonchev–Trinajstić information content (AvgIpc) is 3.28. The van der Waals surface area contributed by atoms with Gasteiger partial charge < -0.3 is 19.9 Å². The van der Waals surface area contributed by atoms with Gasteiger partial charge in [-0.05, 0) is 37.2 Å². The van der Waals surface area contributed by atoms with E-state index in [-0.39, 0.29) is 31.3 Å². The first-order chi connectivity index (χ1) is 16.8. The van der Waals surface area contributed by atoms with Crippen molar-refractivity contribution in [1.82, 2.24) is 15.8 Å². The third-order valence-electron chi connectivity index (χ3n) is 5.89. The SMILES string of the molecule is CC(C)CC(NC(=O)OCc1ccccc1)C(=O)CC1CCCc2cc(on2)CCNC(=O)C1=O. The van der Waals surface area contributed by atoms with Crippen LogP contribution in [0.3, 0.4) is 0 Å². The van der Waals surface area contributed by atoms with Crippen molar-refractivity contribution in [2.24, 2.45) is 11.8 Å². The predicted molar refractivity (Wildman–Crippen MR) is 127 cm³/mol. The number of Topliss-reactive ketones (excluding diaryl/α,β-unsaturated/α-hetero) is 2. The maximum absolute atomic E-state index is 13.2. The largest absolute Gasteiger partial charge is 0.445 e. The maximum atomic E-state index is 13.2. The van der Waals surface area contributed by atoms with E-state index in [1.54, 1.807) is 0 Å². The van der Waals surface area contributed by atoms with E-state index in [0.717, 1.165) is 11.3 Å². The fourth-order valence-electron chi connectivity index (χ4n) is 4.05. The van der Waals surface area contributed by atoms with E-state index in [4.69, 9.17) is 9.26 Å². The summed E-state index contributed by atoms with van der Waals surface area (Å²) in [5, 5.41) is 9.28. The summed E-state index contributed by atoms with van der Waals surface area (Å²) in [6.45, 7) is 4.21. The molecule has 3 rings (SSSR count). The molecule has 9 nitrogen and oxygen atoms in total. The fourth-order valence-corrected chi connectivity index (χ4v) is 4.05. The van der Waals surface area contributed by atoms with E-state index in [2.05, 4.69) is 15.8 Å². The van der Waals surface area contributed by atoms with Crippen molar-refractivity contribution >= 4 is 23.6 Å². The van der Waals surface area contributed by atoms with Crippen molar-refractivity contribution in [3.63, 3.8) is 0 Å². The molecule has 1 aliphatic rings. The second kappa shape index (κ2) is 12.8. The highest BCUT2D eigenvalue weighted by Gasteiger charge is 2.31. The molecule has 0 saturated heterocycles. The van der Waals surface area contributed by atoms with Crippen LogP contribution in [0.15, 0.2) is 40.9 Å². The third-order valence-corrected chi connectivity index (χ3v) is 5.89. The quantitative estimate of drug-likeness (QED) is 0.552. The molecule has 2 heterocycles. The Hall–Kier alpha value is -3.49. The molecule has 2 N–H and O–H groups in total. The summed E-state index contributed by atoms with van der Waals surface area (Å²) >= 11 is 0. The van der Waals surface area contributed by atoms with Gasteiger partial charge in [0.25, 0.3) is 5.91 Å². The molecule has 0 fully saturated rings. The number of fused-ring (bicyclic) bond motifs is 2. The number of ketones is 2. The minimum Gasteiger partial charge on any atom is -0.445 e. The average molecular weight is 484 g/mol. The summed E-state index contributed by atoms with van der Waals surface area (Å²) in [6.07, 6.45) is 1.51. The lowest BCUT2D eigenvalue weighted by Crippen LogP contribution is -2.44. The molecule has 9 heteroatoms. The number of aromatic nitrogens is 1. The Kier molecular flexibility index (Phi) is 9.57. The maximum Gasteiger partial charge on any atom is 0.408 e. The Labute approximate surface area is 205 Å². The molecule has 2 amide bonds. The summed E-state index contributed by atoms with van der Waals surface area (Å²) in [7, 11) is 0. The van der Waals surface area contributed by atoms with Crippen LogP contribution >= 0.6 is 0 Å². The van der Waals surface area contributed by atoms with E-state index in [9.17, 15) is 19.2 Å². The summed E-state index contributed by atoms with van der Waals surface area (Å²) in [4.78, 5) is 50.9. The molecule has 188 valence electrons. The second-order valence-electron chi connectivity index (χ2n) is 9.30. The molecule has 1 aromatic heterocycles. The van der Waals surface area contributed by atoms with Crippen molar-refractivity contribution in [2.75, 3.05) is 6.54 Å². The lowest BCUT2D eigenvalue weighted by Gasteiger charge is -2.22. The molecule has 0 aliphatic carbocycles. The topological polar surface area (TPSA) is 128 Å². The highest BCUT2D eigenvalue weighted by atomic mass is 16.5. The van der Waals surface area contributed by atoms with Gasteiger partial charge >= 0.3 is 6.09 Å². The first-order valence-corrected chi connectivity index (χ1v) is 12.1. The van der Waals surface area contributed by atoms with Gasteiger partial charge in [0.2, 0.25) is 5.78 Å². The number of carbonyl (C=O) groups is 4. The van der Waals surface area contributed by atoms with Crippen molar-refractivity contribution in [1.29, 1.82) is 0 Å². The first kappa shape index (κ1) is 26.1. The van der Waals surface area contributed by atoms with Gasteiger partial charge in [-0.3, -0.25) is 14.4 Å². The standard InChI is InChI=1S/C26H33N3O6/c1-17(2)13-22(28-26(33)34-16-18-7-4-3-5-8-18)23(30)14-19-9-6-10-20-15-21(35-29-20)11-12-27-25(32)24(19)31/h3-5,7-8,15,17,19,22H,6,9-14,16H2,1-2H3,(H,27,32)(H,28,33). The monoisotopic (exact) mass is 483 g/mol. The second-order valence-corrected chi connectivity index (χ2v) is 9.30. The highest BCUT2D eigenvalue weighted by Crippen LogP contribution is 2.20. The number of hydrogen-bond donors (Lipinski definition) is 2. The van der Waals surface area contributed by atoms with Crippen LogP contribution < -0.4 is 10.6 Å². The van der Waals surface area contributed by atoms with Gasteiger partial charge in [0.1, 0.15) is 12.4 Å². The van der Waals surface area contributed by atoms with Crippen molar-refractivity contribution < 1.29 is 28.4 Å². The molecule has 2 unspecified atom stereocenters. The van der Waals surface area contributed by atoms with Crippen LogP contribution in [0, 0.1) is 11.8 Å². The van der Waals surface area contributed by atoms with Gasteiger partial charge in [-0.25, -0.2) is 4.79 Å². The molecule has 1 aliphatic heterocycles. The Morgan fingerprint density at radius 2 is 1.97 bits per heavy atom. The van der Waals surface area contributed by atoms with Crippen molar-refractivity contribution in [2.45, 2.75) is 65.0 Å². The number of hydrogen-bond acceptors (Lipinski definition) is 7. The first-order valence-electron chi connectivity index (χ1n) is 12.1. The van der Waals surface area contributed by atoms with Crippen LogP contribution in [-0.4, -0.2) is 41.3 Å². The summed E-state index contributed by atoms with van der Waals surface area (Å²) in [6, 6.07) is 10.3. The molecule has 2 aromatic rings. The minimum atomic E-state index is -0.811. The smallest absolute Gasteiger partial charge is 0.408 e. The molecular formula is C26H33N3O6. The molecule has 2 atom stereocenters. The van der Waals surface area contributed by atoms with Gasteiger partial charge in [-0.15, -0.1) is 0 Å². The lowest BCUT2D eigenvalue weighted by atomic mass is 9.87. The molecule has 0 saturated carbocycles. The van der Waals surface area contributed by atoms with Crippen LogP contribution in [0.2, 0.25) is 0 Å².